The van der Waals surface area contributed by atoms with Crippen LogP contribution in [0.1, 0.15) is 12.6 Å². The molecular formula is C24H20F2N6O3S. The van der Waals surface area contributed by atoms with Gasteiger partial charge < -0.3 is 9.47 Å². The summed E-state index contributed by atoms with van der Waals surface area (Å²) in [6, 6.07) is 9.08. The number of alkyl halides is 2. The first-order chi connectivity index (χ1) is 17.4. The topological polar surface area (TPSA) is 104 Å². The number of para-hydroxylation sites is 1. The lowest BCUT2D eigenvalue weighted by molar-refractivity contribution is -0.187. The van der Waals surface area contributed by atoms with Crippen LogP contribution in [-0.2, 0) is 11.4 Å². The summed E-state index contributed by atoms with van der Waals surface area (Å²) in [7, 11) is 0. The van der Waals surface area contributed by atoms with E-state index in [-0.39, 0.29) is 17.5 Å². The van der Waals surface area contributed by atoms with Crippen LogP contribution in [0.2, 0.25) is 0 Å². The highest BCUT2D eigenvalue weighted by Gasteiger charge is 2.42. The maximum Gasteiger partial charge on any atom is 0.482 e. The molecule has 36 heavy (non-hydrogen) atoms. The van der Waals surface area contributed by atoms with Gasteiger partial charge in [0.05, 0.1) is 17.6 Å². The Balaban J connectivity index is 1.48. The molecule has 4 aromatic rings. The molecule has 12 heteroatoms. The van der Waals surface area contributed by atoms with E-state index in [1.165, 1.54) is 24.3 Å². The Hall–Kier alpha value is -4.45. The molecule has 3 heterocycles. The predicted molar refractivity (Wildman–Crippen MR) is 132 cm³/mol. The SMILES string of the molecule is C=C/C=C(\C=C/C)n1c(OCc2csc(NC(=O)C(F)(F)Oc3ccccc3)n2)cc2cnnnc21. The van der Waals surface area contributed by atoms with Gasteiger partial charge in [-0.25, -0.2) is 4.98 Å². The lowest BCUT2D eigenvalue weighted by Gasteiger charge is -2.16. The fraction of sp³-hybridized carbons (Fsp3) is 0.125. The highest BCUT2D eigenvalue weighted by Crippen LogP contribution is 2.29. The molecule has 0 saturated carbocycles. The number of halogens is 2. The summed E-state index contributed by atoms with van der Waals surface area (Å²) in [6.07, 6.45) is 4.59. The second-order valence-electron chi connectivity index (χ2n) is 7.18. The molecule has 0 aliphatic carbocycles. The number of hydrogen-bond acceptors (Lipinski definition) is 8. The minimum atomic E-state index is -4.08. The van der Waals surface area contributed by atoms with Crippen molar-refractivity contribution in [2.24, 2.45) is 0 Å². The summed E-state index contributed by atoms with van der Waals surface area (Å²) in [5.41, 5.74) is 1.67. The number of nitrogens with one attached hydrogen (secondary N) is 1. The van der Waals surface area contributed by atoms with E-state index in [1.807, 2.05) is 19.1 Å². The van der Waals surface area contributed by atoms with Gasteiger partial charge in [0.25, 0.3) is 0 Å². The number of carbonyl (C=O) groups is 1. The standard InChI is InChI=1S/C24H20F2N6O3S/c1-3-8-18(9-4-2)32-20(12-16-13-27-31-30-21(16)32)34-14-17-15-36-23(28-17)29-22(33)24(25,26)35-19-10-6-5-7-11-19/h3-13,15H,1,14H2,2H3,(H,28,29,33)/b9-4-,18-8+. The number of carbonyl (C=O) groups excluding carboxylic acids is 1. The molecule has 0 saturated heterocycles. The van der Waals surface area contributed by atoms with Gasteiger partial charge in [-0.1, -0.05) is 36.9 Å². The number of ether oxygens (including phenoxy) is 2. The third kappa shape index (κ3) is 5.61. The fourth-order valence-corrected chi connectivity index (χ4v) is 3.82. The number of nitrogens with zero attached hydrogens (tertiary/aromatic N) is 5. The van der Waals surface area contributed by atoms with Crippen molar-refractivity contribution in [2.45, 2.75) is 19.6 Å². The largest absolute Gasteiger partial charge is 0.482 e. The Morgan fingerprint density at radius 1 is 1.31 bits per heavy atom. The van der Waals surface area contributed by atoms with Crippen molar-refractivity contribution in [1.82, 2.24) is 25.0 Å². The number of rotatable bonds is 10. The van der Waals surface area contributed by atoms with Crippen LogP contribution in [0.15, 0.2) is 78.9 Å². The Bertz CT molecular complexity index is 1430. The molecule has 0 fully saturated rings. The quantitative estimate of drug-likeness (QED) is 0.297. The molecule has 0 aliphatic rings. The maximum absolute atomic E-state index is 14.2. The van der Waals surface area contributed by atoms with Gasteiger partial charge in [0.15, 0.2) is 10.8 Å². The molecule has 0 aliphatic heterocycles. The first-order valence-electron chi connectivity index (χ1n) is 10.6. The summed E-state index contributed by atoms with van der Waals surface area (Å²) in [4.78, 5) is 16.2. The normalized spacial score (nSPS) is 12.1. The van der Waals surface area contributed by atoms with Crippen molar-refractivity contribution < 1.29 is 23.0 Å². The second-order valence-corrected chi connectivity index (χ2v) is 8.03. The molecule has 0 bridgehead atoms. The number of benzene rings is 1. The molecule has 0 unspecified atom stereocenters. The van der Waals surface area contributed by atoms with Crippen LogP contribution in [0, 0.1) is 0 Å². The predicted octanol–water partition coefficient (Wildman–Crippen LogP) is 5.08. The summed E-state index contributed by atoms with van der Waals surface area (Å²) in [6.45, 7) is 5.61. The van der Waals surface area contributed by atoms with Gasteiger partial charge in [-0.05, 0) is 36.4 Å². The molecule has 0 spiro atoms. The average molecular weight is 511 g/mol. The van der Waals surface area contributed by atoms with E-state index in [9.17, 15) is 13.6 Å². The van der Waals surface area contributed by atoms with Crippen molar-refractivity contribution in [3.05, 3.63) is 84.6 Å². The summed E-state index contributed by atoms with van der Waals surface area (Å²) in [5, 5.41) is 16.0. The smallest absolute Gasteiger partial charge is 0.472 e. The maximum atomic E-state index is 14.2. The van der Waals surface area contributed by atoms with E-state index in [0.29, 0.717) is 22.6 Å². The van der Waals surface area contributed by atoms with Gasteiger partial charge in [-0.3, -0.25) is 14.7 Å². The van der Waals surface area contributed by atoms with Crippen molar-refractivity contribution in [3.63, 3.8) is 0 Å². The summed E-state index contributed by atoms with van der Waals surface area (Å²) < 4.78 is 40.6. The van der Waals surface area contributed by atoms with Crippen LogP contribution in [0.4, 0.5) is 13.9 Å². The minimum Gasteiger partial charge on any atom is -0.472 e. The molecule has 0 atom stereocenters. The number of fused-ring (bicyclic) bond motifs is 1. The molecule has 9 nitrogen and oxygen atoms in total. The van der Waals surface area contributed by atoms with Gasteiger partial charge in [-0.15, -0.1) is 21.5 Å². The van der Waals surface area contributed by atoms with Crippen LogP contribution in [0.3, 0.4) is 0 Å². The number of allylic oxidation sites excluding steroid dienone is 5. The highest BCUT2D eigenvalue weighted by atomic mass is 32.1. The van der Waals surface area contributed by atoms with E-state index >= 15 is 0 Å². The van der Waals surface area contributed by atoms with Gasteiger partial charge in [0, 0.05) is 16.8 Å². The zero-order valence-corrected chi connectivity index (χ0v) is 19.8. The van der Waals surface area contributed by atoms with Crippen molar-refractivity contribution >= 4 is 39.1 Å². The van der Waals surface area contributed by atoms with Crippen LogP contribution in [0.25, 0.3) is 16.7 Å². The van der Waals surface area contributed by atoms with Gasteiger partial charge in [0.2, 0.25) is 5.88 Å². The molecule has 4 rings (SSSR count). The second kappa shape index (κ2) is 10.9. The fourth-order valence-electron chi connectivity index (χ4n) is 3.13. The zero-order valence-electron chi connectivity index (χ0n) is 19.0. The van der Waals surface area contributed by atoms with Gasteiger partial charge in [-0.2, -0.15) is 8.78 Å². The molecule has 1 aromatic carbocycles. The van der Waals surface area contributed by atoms with Crippen LogP contribution >= 0.6 is 11.3 Å². The Labute approximate surface area is 208 Å². The number of thiazole rings is 1. The van der Waals surface area contributed by atoms with Crippen molar-refractivity contribution in [1.29, 1.82) is 0 Å². The zero-order chi connectivity index (χ0) is 25.5. The number of amides is 1. The third-order valence-electron chi connectivity index (χ3n) is 4.64. The average Bonchev–Trinajstić information content (AvgIpc) is 3.47. The van der Waals surface area contributed by atoms with Crippen LogP contribution < -0.4 is 14.8 Å². The molecule has 1 N–H and O–H groups in total. The first kappa shape index (κ1) is 24.7. The van der Waals surface area contributed by atoms with E-state index in [1.54, 1.807) is 40.4 Å². The first-order valence-corrected chi connectivity index (χ1v) is 11.5. The molecule has 1 amide bonds. The highest BCUT2D eigenvalue weighted by molar-refractivity contribution is 7.13. The van der Waals surface area contributed by atoms with Crippen molar-refractivity contribution in [3.8, 4) is 11.6 Å². The minimum absolute atomic E-state index is 0.00232. The Morgan fingerprint density at radius 2 is 2.11 bits per heavy atom. The number of aromatic nitrogens is 5. The number of hydrogen-bond donors (Lipinski definition) is 1. The van der Waals surface area contributed by atoms with E-state index < -0.39 is 12.0 Å². The molecule has 3 aromatic heterocycles. The lowest BCUT2D eigenvalue weighted by atomic mass is 10.3. The van der Waals surface area contributed by atoms with Crippen LogP contribution in [0.5, 0.6) is 11.6 Å². The number of anilines is 1. The monoisotopic (exact) mass is 510 g/mol. The Kier molecular flexibility index (Phi) is 7.44. The van der Waals surface area contributed by atoms with Gasteiger partial charge in [0.1, 0.15) is 12.4 Å². The lowest BCUT2D eigenvalue weighted by Crippen LogP contribution is -2.39. The molecular weight excluding hydrogens is 490 g/mol. The summed E-state index contributed by atoms with van der Waals surface area (Å²) >= 11 is 0.980. The van der Waals surface area contributed by atoms with E-state index in [4.69, 9.17) is 4.74 Å². The van der Waals surface area contributed by atoms with Crippen LogP contribution in [-0.4, -0.2) is 37.0 Å². The summed E-state index contributed by atoms with van der Waals surface area (Å²) in [5.74, 6) is -1.34. The van der Waals surface area contributed by atoms with Gasteiger partial charge >= 0.3 is 12.0 Å². The van der Waals surface area contributed by atoms with E-state index in [0.717, 1.165) is 17.0 Å². The molecule has 184 valence electrons. The van der Waals surface area contributed by atoms with Crippen molar-refractivity contribution in [2.75, 3.05) is 5.32 Å². The van der Waals surface area contributed by atoms with E-state index in [2.05, 4.69) is 37.0 Å². The Morgan fingerprint density at radius 3 is 2.86 bits per heavy atom. The molecule has 0 radical (unpaired) electrons. The third-order valence-corrected chi connectivity index (χ3v) is 5.44.